The fourth-order valence-corrected chi connectivity index (χ4v) is 1.88. The van der Waals surface area contributed by atoms with Gasteiger partial charge in [0.25, 0.3) is 0 Å². The van der Waals surface area contributed by atoms with Crippen molar-refractivity contribution in [1.29, 1.82) is 0 Å². The molecule has 1 heterocycles. The Bertz CT molecular complexity index is 476. The Morgan fingerprint density at radius 1 is 1.58 bits per heavy atom. The summed E-state index contributed by atoms with van der Waals surface area (Å²) in [4.78, 5) is 16.2. The molecule has 0 aromatic heterocycles. The van der Waals surface area contributed by atoms with Crippen LogP contribution in [0, 0.1) is 0 Å². The second kappa shape index (κ2) is 6.33. The van der Waals surface area contributed by atoms with Crippen molar-refractivity contribution in [3.8, 4) is 0 Å². The number of hydroxylamine groups is 1. The molecule has 0 saturated heterocycles. The minimum absolute atomic E-state index is 0.107. The number of anilines is 1. The third-order valence-corrected chi connectivity index (χ3v) is 2.81. The summed E-state index contributed by atoms with van der Waals surface area (Å²) in [6.07, 6.45) is 2.14. The molecule has 6 heteroatoms. The zero-order valence-electron chi connectivity index (χ0n) is 10.6. The number of carboxylic acid groups (broad SMARTS) is 1. The summed E-state index contributed by atoms with van der Waals surface area (Å²) in [5.41, 5.74) is 10.9. The molecule has 2 atom stereocenters. The first kappa shape index (κ1) is 13.5. The van der Waals surface area contributed by atoms with Gasteiger partial charge in [-0.25, -0.2) is 10.2 Å². The van der Waals surface area contributed by atoms with E-state index in [4.69, 9.17) is 9.94 Å². The first-order valence-electron chi connectivity index (χ1n) is 6.07. The van der Waals surface area contributed by atoms with Crippen molar-refractivity contribution in [2.45, 2.75) is 19.1 Å². The molecule has 0 radical (unpaired) electrons. The molecular weight excluding hydrogens is 246 g/mol. The normalized spacial score (nSPS) is 19.7. The van der Waals surface area contributed by atoms with E-state index in [1.165, 1.54) is 6.08 Å². The number of allylic oxidation sites excluding steroid dienone is 1. The quantitative estimate of drug-likeness (QED) is 0.472. The van der Waals surface area contributed by atoms with E-state index >= 15 is 0 Å². The molecule has 19 heavy (non-hydrogen) atoms. The number of carboxylic acids is 1. The molecule has 4 N–H and O–H groups in total. The number of carbonyl (C=O) groups is 1. The lowest BCUT2D eigenvalue weighted by atomic mass is 10.0. The summed E-state index contributed by atoms with van der Waals surface area (Å²) < 4.78 is 0. The van der Waals surface area contributed by atoms with E-state index in [9.17, 15) is 4.79 Å². The van der Waals surface area contributed by atoms with Crippen LogP contribution in [-0.4, -0.2) is 23.7 Å². The van der Waals surface area contributed by atoms with E-state index in [0.717, 1.165) is 11.3 Å². The van der Waals surface area contributed by atoms with Crippen LogP contribution in [0.15, 0.2) is 36.4 Å². The number of hydrogen-bond acceptors (Lipinski definition) is 5. The second-order valence-corrected chi connectivity index (χ2v) is 4.17. The summed E-state index contributed by atoms with van der Waals surface area (Å²) in [6, 6.07) is 7.66. The number of fused-ring (bicyclic) bond motifs is 1. The topological polar surface area (TPSA) is 82.6 Å². The lowest BCUT2D eigenvalue weighted by molar-refractivity contribution is -0.153. The van der Waals surface area contributed by atoms with Gasteiger partial charge in [-0.3, -0.25) is 4.84 Å². The summed E-state index contributed by atoms with van der Waals surface area (Å²) >= 11 is 0. The molecule has 1 aromatic carbocycles. The fraction of sp³-hybridized carbons (Fsp3) is 0.308. The van der Waals surface area contributed by atoms with Gasteiger partial charge in [-0.15, -0.1) is 0 Å². The lowest BCUT2D eigenvalue weighted by Gasteiger charge is -2.28. The highest BCUT2D eigenvalue weighted by Gasteiger charge is 2.22. The molecule has 2 rings (SSSR count). The monoisotopic (exact) mass is 263 g/mol. The molecule has 1 aromatic rings. The predicted octanol–water partition coefficient (Wildman–Crippen LogP) is 1.21. The summed E-state index contributed by atoms with van der Waals surface area (Å²) in [6.45, 7) is 2.35. The predicted molar refractivity (Wildman–Crippen MR) is 71.3 cm³/mol. The van der Waals surface area contributed by atoms with Crippen molar-refractivity contribution in [2.24, 2.45) is 0 Å². The van der Waals surface area contributed by atoms with Gasteiger partial charge in [-0.05, 0) is 24.6 Å². The van der Waals surface area contributed by atoms with Gasteiger partial charge in [0.2, 0.25) is 0 Å². The van der Waals surface area contributed by atoms with Gasteiger partial charge in [0.1, 0.15) is 0 Å². The third kappa shape index (κ3) is 3.31. The SMILES string of the molecule is CC=CC(ONC1CNNc2ccccc21)C(=O)O. The van der Waals surface area contributed by atoms with Crippen LogP contribution in [0.2, 0.25) is 0 Å². The average Bonchev–Trinajstić information content (AvgIpc) is 2.43. The lowest BCUT2D eigenvalue weighted by Crippen LogP contribution is -2.41. The zero-order valence-corrected chi connectivity index (χ0v) is 10.6. The van der Waals surface area contributed by atoms with E-state index < -0.39 is 12.1 Å². The molecule has 1 aliphatic rings. The number of benzene rings is 1. The number of para-hydroxylation sites is 1. The molecule has 0 amide bonds. The molecule has 0 aliphatic carbocycles. The molecule has 0 bridgehead atoms. The van der Waals surface area contributed by atoms with Gasteiger partial charge >= 0.3 is 5.97 Å². The average molecular weight is 263 g/mol. The van der Waals surface area contributed by atoms with Crippen molar-refractivity contribution in [2.75, 3.05) is 12.0 Å². The Hall–Kier alpha value is -1.89. The van der Waals surface area contributed by atoms with Crippen molar-refractivity contribution in [1.82, 2.24) is 10.9 Å². The van der Waals surface area contributed by atoms with E-state index in [1.807, 2.05) is 24.3 Å². The highest BCUT2D eigenvalue weighted by atomic mass is 16.7. The van der Waals surface area contributed by atoms with Crippen LogP contribution in [-0.2, 0) is 9.63 Å². The van der Waals surface area contributed by atoms with Gasteiger partial charge in [0.05, 0.1) is 11.7 Å². The first-order chi connectivity index (χ1) is 9.22. The summed E-state index contributed by atoms with van der Waals surface area (Å²) in [5, 5.41) is 8.98. The van der Waals surface area contributed by atoms with Crippen LogP contribution in [0.4, 0.5) is 5.69 Å². The number of nitrogens with one attached hydrogen (secondary N) is 3. The molecule has 0 fully saturated rings. The number of aliphatic carboxylic acids is 1. The van der Waals surface area contributed by atoms with Crippen LogP contribution in [0.25, 0.3) is 0 Å². The maximum Gasteiger partial charge on any atom is 0.339 e. The number of hydrazine groups is 1. The van der Waals surface area contributed by atoms with E-state index in [1.54, 1.807) is 13.0 Å². The summed E-state index contributed by atoms with van der Waals surface area (Å²) in [5.74, 6) is -1.03. The number of rotatable bonds is 5. The fourth-order valence-electron chi connectivity index (χ4n) is 1.88. The Morgan fingerprint density at radius 2 is 2.37 bits per heavy atom. The maximum absolute atomic E-state index is 11.0. The third-order valence-electron chi connectivity index (χ3n) is 2.81. The molecule has 2 unspecified atom stereocenters. The van der Waals surface area contributed by atoms with Crippen LogP contribution < -0.4 is 16.3 Å². The van der Waals surface area contributed by atoms with Crippen molar-refractivity contribution in [3.63, 3.8) is 0 Å². The molecule has 1 aliphatic heterocycles. The molecule has 0 spiro atoms. The minimum atomic E-state index is -1.03. The first-order valence-corrected chi connectivity index (χ1v) is 6.07. The maximum atomic E-state index is 11.0. The van der Waals surface area contributed by atoms with E-state index in [-0.39, 0.29) is 6.04 Å². The largest absolute Gasteiger partial charge is 0.479 e. The van der Waals surface area contributed by atoms with E-state index in [2.05, 4.69) is 16.3 Å². The Kier molecular flexibility index (Phi) is 4.51. The Labute approximate surface area is 111 Å². The Balaban J connectivity index is 2.02. The minimum Gasteiger partial charge on any atom is -0.479 e. The molecular formula is C13H17N3O3. The van der Waals surface area contributed by atoms with Crippen molar-refractivity contribution < 1.29 is 14.7 Å². The smallest absolute Gasteiger partial charge is 0.339 e. The standard InChI is InChI=1S/C13H17N3O3/c1-2-5-12(13(17)18)19-16-11-8-14-15-10-7-4-3-6-9(10)11/h2-7,11-12,14-16H,8H2,1H3,(H,17,18). The molecule has 0 saturated carbocycles. The highest BCUT2D eigenvalue weighted by molar-refractivity contribution is 5.74. The second-order valence-electron chi connectivity index (χ2n) is 4.17. The van der Waals surface area contributed by atoms with Crippen LogP contribution in [0.3, 0.4) is 0 Å². The van der Waals surface area contributed by atoms with Gasteiger partial charge in [-0.2, -0.15) is 5.48 Å². The molecule has 6 nitrogen and oxygen atoms in total. The van der Waals surface area contributed by atoms with Crippen LogP contribution in [0.5, 0.6) is 0 Å². The summed E-state index contributed by atoms with van der Waals surface area (Å²) in [7, 11) is 0. The van der Waals surface area contributed by atoms with Crippen LogP contribution >= 0.6 is 0 Å². The van der Waals surface area contributed by atoms with Gasteiger partial charge < -0.3 is 10.5 Å². The van der Waals surface area contributed by atoms with Crippen LogP contribution in [0.1, 0.15) is 18.5 Å². The van der Waals surface area contributed by atoms with Gasteiger partial charge in [-0.1, -0.05) is 24.3 Å². The highest BCUT2D eigenvalue weighted by Crippen LogP contribution is 2.24. The van der Waals surface area contributed by atoms with Gasteiger partial charge in [0, 0.05) is 6.54 Å². The molecule has 102 valence electrons. The van der Waals surface area contributed by atoms with E-state index in [0.29, 0.717) is 6.54 Å². The zero-order chi connectivity index (χ0) is 13.7. The Morgan fingerprint density at radius 3 is 3.11 bits per heavy atom. The van der Waals surface area contributed by atoms with Gasteiger partial charge in [0.15, 0.2) is 6.10 Å². The number of hydrogen-bond donors (Lipinski definition) is 4. The van der Waals surface area contributed by atoms with Crippen molar-refractivity contribution in [3.05, 3.63) is 42.0 Å². The van der Waals surface area contributed by atoms with Crippen molar-refractivity contribution >= 4 is 11.7 Å².